The first-order chi connectivity index (χ1) is 8.05. The molecule has 2 rings (SSSR count). The Balaban J connectivity index is 2.43. The molecule has 2 heterocycles. The first kappa shape index (κ1) is 12.0. The molecule has 0 fully saturated rings. The number of rotatable bonds is 3. The van der Waals surface area contributed by atoms with E-state index in [1.54, 1.807) is 11.5 Å². The van der Waals surface area contributed by atoms with Crippen LogP contribution in [0.1, 0.15) is 0 Å². The van der Waals surface area contributed by atoms with Crippen molar-refractivity contribution in [2.45, 2.75) is 5.03 Å². The van der Waals surface area contributed by atoms with E-state index in [0.29, 0.717) is 10.5 Å². The van der Waals surface area contributed by atoms with Crippen LogP contribution in [0, 0.1) is 5.21 Å². The number of methoxy groups -OCH3 is 1. The minimum absolute atomic E-state index is 0.232. The number of allylic oxidation sites excluding steroid dienone is 1. The Labute approximate surface area is 101 Å². The smallest absolute Gasteiger partial charge is 0.317 e. The van der Waals surface area contributed by atoms with Gasteiger partial charge in [-0.05, 0) is 17.6 Å². The van der Waals surface area contributed by atoms with Crippen LogP contribution in [0.2, 0.25) is 0 Å². The van der Waals surface area contributed by atoms with Crippen molar-refractivity contribution in [3.8, 4) is 0 Å². The van der Waals surface area contributed by atoms with Gasteiger partial charge in [0, 0.05) is 17.5 Å². The average molecular weight is 273 g/mol. The Bertz CT molecular complexity index is 592. The molecule has 5 nitrogen and oxygen atoms in total. The summed E-state index contributed by atoms with van der Waals surface area (Å²) in [4.78, 5) is 0. The standard InChI is InChI=1S/C10H11NO4S2/c1-15-9-5-7-16(8-9)17(13,14)10-4-2-3-6-11(10)12/h2-8,16H,1H3. The van der Waals surface area contributed by atoms with Crippen LogP contribution >= 0.6 is 9.93 Å². The van der Waals surface area contributed by atoms with E-state index in [4.69, 9.17) is 4.74 Å². The van der Waals surface area contributed by atoms with E-state index in [2.05, 4.69) is 0 Å². The molecule has 0 N–H and O–H groups in total. The van der Waals surface area contributed by atoms with E-state index >= 15 is 0 Å². The highest BCUT2D eigenvalue weighted by molar-refractivity contribution is 8.83. The zero-order chi connectivity index (χ0) is 12.5. The summed E-state index contributed by atoms with van der Waals surface area (Å²) in [6.45, 7) is 0. The van der Waals surface area contributed by atoms with Gasteiger partial charge in [-0.25, -0.2) is 8.42 Å². The average Bonchev–Trinajstić information content (AvgIpc) is 2.78. The molecule has 0 bridgehead atoms. The maximum absolute atomic E-state index is 12.2. The van der Waals surface area contributed by atoms with Gasteiger partial charge in [0.15, 0.2) is 6.20 Å². The fourth-order valence-corrected chi connectivity index (χ4v) is 5.69. The van der Waals surface area contributed by atoms with Gasteiger partial charge in [0.05, 0.1) is 7.11 Å². The summed E-state index contributed by atoms with van der Waals surface area (Å²) in [5, 5.41) is 14.3. The molecule has 1 atom stereocenters. The molecular weight excluding hydrogens is 262 g/mol. The fourth-order valence-electron chi connectivity index (χ4n) is 1.35. The molecule has 17 heavy (non-hydrogen) atoms. The lowest BCUT2D eigenvalue weighted by atomic mass is 10.5. The lowest BCUT2D eigenvalue weighted by Crippen LogP contribution is -2.32. The molecule has 0 aromatic carbocycles. The first-order valence-corrected chi connectivity index (χ1v) is 8.28. The highest BCUT2D eigenvalue weighted by atomic mass is 33.2. The van der Waals surface area contributed by atoms with Crippen LogP contribution in [0.5, 0.6) is 0 Å². The Morgan fingerprint density at radius 3 is 2.76 bits per heavy atom. The summed E-state index contributed by atoms with van der Waals surface area (Å²) in [6, 6.07) is 4.31. The predicted octanol–water partition coefficient (Wildman–Crippen LogP) is 1.03. The quantitative estimate of drug-likeness (QED) is 0.386. The topological polar surface area (TPSA) is 70.3 Å². The van der Waals surface area contributed by atoms with Crippen molar-refractivity contribution in [3.63, 3.8) is 0 Å². The largest absolute Gasteiger partial charge is 0.618 e. The molecule has 1 aliphatic heterocycles. The Kier molecular flexibility index (Phi) is 3.12. The number of ether oxygens (including phenoxy) is 1. The van der Waals surface area contributed by atoms with Crippen LogP contribution in [-0.4, -0.2) is 15.5 Å². The first-order valence-electron chi connectivity index (χ1n) is 4.71. The normalized spacial score (nSPS) is 21.2. The molecular formula is C10H11NO4S2. The summed E-state index contributed by atoms with van der Waals surface area (Å²) in [7, 11) is -3.71. The van der Waals surface area contributed by atoms with E-state index in [0.717, 1.165) is 0 Å². The van der Waals surface area contributed by atoms with Gasteiger partial charge in [0.1, 0.15) is 5.76 Å². The van der Waals surface area contributed by atoms with Crippen LogP contribution in [0.3, 0.4) is 0 Å². The number of thiol groups is 1. The SMILES string of the molecule is COC1=C[SH](S(=O)(=O)c2cccc[n+]2[O-])C=C1. The van der Waals surface area contributed by atoms with Crippen LogP contribution < -0.4 is 4.73 Å². The van der Waals surface area contributed by atoms with Crippen molar-refractivity contribution in [1.29, 1.82) is 0 Å². The van der Waals surface area contributed by atoms with Gasteiger partial charge in [0.2, 0.25) is 0 Å². The van der Waals surface area contributed by atoms with E-state index < -0.39 is 18.8 Å². The highest BCUT2D eigenvalue weighted by Gasteiger charge is 2.30. The third-order valence-corrected chi connectivity index (χ3v) is 7.47. The van der Waals surface area contributed by atoms with Crippen molar-refractivity contribution in [2.75, 3.05) is 7.11 Å². The molecule has 0 spiro atoms. The van der Waals surface area contributed by atoms with Crippen molar-refractivity contribution in [1.82, 2.24) is 0 Å². The van der Waals surface area contributed by atoms with Gasteiger partial charge in [-0.3, -0.25) is 0 Å². The second-order valence-electron chi connectivity index (χ2n) is 3.25. The van der Waals surface area contributed by atoms with Crippen molar-refractivity contribution in [3.05, 3.63) is 52.3 Å². The minimum Gasteiger partial charge on any atom is -0.618 e. The van der Waals surface area contributed by atoms with Gasteiger partial charge in [-0.2, -0.15) is 4.73 Å². The number of hydrogen-bond acceptors (Lipinski definition) is 4. The van der Waals surface area contributed by atoms with Gasteiger partial charge in [0.25, 0.3) is 8.87 Å². The molecule has 0 saturated carbocycles. The molecule has 7 heteroatoms. The molecule has 1 aromatic heterocycles. The van der Waals surface area contributed by atoms with Gasteiger partial charge >= 0.3 is 5.03 Å². The van der Waals surface area contributed by atoms with Crippen molar-refractivity contribution in [2.24, 2.45) is 0 Å². The summed E-state index contributed by atoms with van der Waals surface area (Å²) in [5.41, 5.74) is 0. The Morgan fingerprint density at radius 1 is 1.41 bits per heavy atom. The molecule has 0 radical (unpaired) electrons. The summed E-state index contributed by atoms with van der Waals surface area (Å²) >= 11 is 0. The zero-order valence-corrected chi connectivity index (χ0v) is 10.7. The molecule has 92 valence electrons. The highest BCUT2D eigenvalue weighted by Crippen LogP contribution is 2.44. The lowest BCUT2D eigenvalue weighted by molar-refractivity contribution is -0.646. The fraction of sp³-hybridized carbons (Fsp3) is 0.100. The van der Waals surface area contributed by atoms with E-state index in [1.807, 2.05) is 0 Å². The molecule has 0 saturated heterocycles. The lowest BCUT2D eigenvalue weighted by Gasteiger charge is -2.10. The zero-order valence-electron chi connectivity index (χ0n) is 8.98. The molecule has 1 aromatic rings. The molecule has 0 amide bonds. The molecule has 0 aliphatic carbocycles. The number of hydrogen-bond donors (Lipinski definition) is 1. The number of pyridine rings is 1. The van der Waals surface area contributed by atoms with Crippen LogP contribution in [0.25, 0.3) is 0 Å². The monoisotopic (exact) mass is 273 g/mol. The van der Waals surface area contributed by atoms with Crippen molar-refractivity contribution < 1.29 is 17.9 Å². The van der Waals surface area contributed by atoms with E-state index in [9.17, 15) is 13.6 Å². The second kappa shape index (κ2) is 4.42. The predicted molar refractivity (Wildman–Crippen MR) is 65.8 cm³/mol. The summed E-state index contributed by atoms with van der Waals surface area (Å²) in [5.74, 6) is 0.507. The summed E-state index contributed by atoms with van der Waals surface area (Å²) in [6.07, 6.45) is 2.77. The minimum atomic E-state index is -3.64. The van der Waals surface area contributed by atoms with E-state index in [-0.39, 0.29) is 5.03 Å². The van der Waals surface area contributed by atoms with Gasteiger partial charge in [-0.15, -0.1) is 0 Å². The second-order valence-corrected chi connectivity index (χ2v) is 8.60. The van der Waals surface area contributed by atoms with Crippen LogP contribution in [-0.2, 0) is 13.6 Å². The number of aromatic nitrogens is 1. The maximum atomic E-state index is 12.2. The third-order valence-electron chi connectivity index (χ3n) is 2.21. The molecule has 1 aliphatic rings. The Hall–Kier alpha value is -1.47. The van der Waals surface area contributed by atoms with Crippen molar-refractivity contribution >= 4 is 18.8 Å². The maximum Gasteiger partial charge on any atom is 0.317 e. The van der Waals surface area contributed by atoms with Crippen LogP contribution in [0.15, 0.2) is 52.1 Å². The van der Waals surface area contributed by atoms with Gasteiger partial charge in [-0.1, -0.05) is 9.93 Å². The summed E-state index contributed by atoms with van der Waals surface area (Å²) < 4.78 is 29.7. The van der Waals surface area contributed by atoms with E-state index in [1.165, 1.54) is 36.9 Å². The molecule has 1 unspecified atom stereocenters. The third kappa shape index (κ3) is 2.16. The van der Waals surface area contributed by atoms with Crippen LogP contribution in [0.4, 0.5) is 0 Å². The number of nitrogens with zero attached hydrogens (tertiary/aromatic N) is 1. The van der Waals surface area contributed by atoms with Gasteiger partial charge < -0.3 is 9.94 Å². The Morgan fingerprint density at radius 2 is 2.18 bits per heavy atom.